The zero-order valence-corrected chi connectivity index (χ0v) is 10.1. The summed E-state index contributed by atoms with van der Waals surface area (Å²) in [5, 5.41) is 2.19. The molecule has 0 bridgehead atoms. The fourth-order valence-electron chi connectivity index (χ4n) is 1.49. The van der Waals surface area contributed by atoms with Crippen LogP contribution in [0.3, 0.4) is 0 Å². The molecule has 0 fully saturated rings. The number of halogens is 3. The average Bonchev–Trinajstić information content (AvgIpc) is 2.92. The third-order valence-corrected chi connectivity index (χ3v) is 2.40. The van der Waals surface area contributed by atoms with E-state index in [-0.39, 0.29) is 11.4 Å². The van der Waals surface area contributed by atoms with Crippen molar-refractivity contribution in [3.05, 3.63) is 66.3 Å². The molecule has 1 heterocycles. The van der Waals surface area contributed by atoms with Crippen LogP contribution in [-0.4, -0.2) is 12.0 Å². The van der Waals surface area contributed by atoms with Crippen molar-refractivity contribution in [2.45, 2.75) is 6.18 Å². The van der Waals surface area contributed by atoms with Gasteiger partial charge in [0.05, 0.1) is 6.26 Å². The number of rotatable bonds is 4. The van der Waals surface area contributed by atoms with E-state index in [9.17, 15) is 18.0 Å². The van der Waals surface area contributed by atoms with Crippen LogP contribution in [0.5, 0.6) is 0 Å². The van der Waals surface area contributed by atoms with E-state index in [1.807, 2.05) is 0 Å². The van der Waals surface area contributed by atoms with Gasteiger partial charge in [-0.15, -0.1) is 0 Å². The maximum absolute atomic E-state index is 12.9. The molecule has 0 radical (unpaired) electrons. The lowest BCUT2D eigenvalue weighted by Crippen LogP contribution is -2.20. The van der Waals surface area contributed by atoms with E-state index in [1.165, 1.54) is 30.5 Å². The first-order valence-electron chi connectivity index (χ1n) is 5.65. The van der Waals surface area contributed by atoms with Crippen molar-refractivity contribution >= 4 is 11.5 Å². The maximum Gasteiger partial charge on any atom is 0.431 e. The molecule has 20 heavy (non-hydrogen) atoms. The predicted molar refractivity (Wildman–Crippen MR) is 67.2 cm³/mol. The standard InChI is InChI=1S/C14H10F3NO2/c15-14(16,17)13(18-10-5-2-1-3-6-10)9-11(19)12-7-4-8-20-12/h1-9,18H/b13-9+. The van der Waals surface area contributed by atoms with Crippen LogP contribution in [0.4, 0.5) is 18.9 Å². The van der Waals surface area contributed by atoms with Crippen LogP contribution >= 0.6 is 0 Å². The van der Waals surface area contributed by atoms with E-state index in [0.717, 1.165) is 0 Å². The van der Waals surface area contributed by atoms with Crippen molar-refractivity contribution in [3.8, 4) is 0 Å². The van der Waals surface area contributed by atoms with E-state index in [4.69, 9.17) is 4.42 Å². The number of hydrogen-bond donors (Lipinski definition) is 1. The van der Waals surface area contributed by atoms with Gasteiger partial charge in [0.1, 0.15) is 5.70 Å². The van der Waals surface area contributed by atoms with Gasteiger partial charge in [0.2, 0.25) is 5.78 Å². The van der Waals surface area contributed by atoms with Crippen LogP contribution < -0.4 is 5.32 Å². The minimum Gasteiger partial charge on any atom is -0.461 e. The molecule has 0 unspecified atom stereocenters. The van der Waals surface area contributed by atoms with Crippen LogP contribution in [0.1, 0.15) is 10.6 Å². The number of hydrogen-bond acceptors (Lipinski definition) is 3. The third-order valence-electron chi connectivity index (χ3n) is 2.40. The Labute approximate surface area is 112 Å². The summed E-state index contributed by atoms with van der Waals surface area (Å²) < 4.78 is 43.5. The SMILES string of the molecule is O=C(/C=C(/Nc1ccccc1)C(F)(F)F)c1ccco1. The quantitative estimate of drug-likeness (QED) is 0.679. The number of para-hydroxylation sites is 1. The molecule has 2 rings (SSSR count). The van der Waals surface area contributed by atoms with E-state index in [0.29, 0.717) is 6.08 Å². The molecule has 2 aromatic rings. The number of furan rings is 1. The minimum absolute atomic E-state index is 0.151. The monoisotopic (exact) mass is 281 g/mol. The number of anilines is 1. The molecule has 6 heteroatoms. The molecular formula is C14H10F3NO2. The van der Waals surface area contributed by atoms with Crippen LogP contribution in [-0.2, 0) is 0 Å². The highest BCUT2D eigenvalue weighted by Gasteiger charge is 2.35. The minimum atomic E-state index is -4.67. The summed E-state index contributed by atoms with van der Waals surface area (Å²) in [4.78, 5) is 11.6. The Bertz CT molecular complexity index is 601. The summed E-state index contributed by atoms with van der Waals surface area (Å²) in [5.41, 5.74) is -0.909. The summed E-state index contributed by atoms with van der Waals surface area (Å²) in [5.74, 6) is -1.01. The highest BCUT2D eigenvalue weighted by molar-refractivity contribution is 6.03. The van der Waals surface area contributed by atoms with Crippen molar-refractivity contribution in [2.75, 3.05) is 5.32 Å². The molecule has 0 atom stereocenters. The molecule has 104 valence electrons. The zero-order valence-electron chi connectivity index (χ0n) is 10.1. The fourth-order valence-corrected chi connectivity index (χ4v) is 1.49. The zero-order chi connectivity index (χ0) is 14.6. The van der Waals surface area contributed by atoms with Gasteiger partial charge >= 0.3 is 6.18 Å². The molecule has 0 aliphatic heterocycles. The summed E-state index contributed by atoms with van der Waals surface area (Å²) >= 11 is 0. The van der Waals surface area contributed by atoms with E-state index >= 15 is 0 Å². The van der Waals surface area contributed by atoms with Crippen LogP contribution in [0.2, 0.25) is 0 Å². The van der Waals surface area contributed by atoms with Gasteiger partial charge in [0, 0.05) is 11.8 Å². The van der Waals surface area contributed by atoms with E-state index < -0.39 is 17.7 Å². The lowest BCUT2D eigenvalue weighted by Gasteiger charge is -2.13. The molecule has 1 aromatic carbocycles. The van der Waals surface area contributed by atoms with Gasteiger partial charge in [0.15, 0.2) is 5.76 Å². The number of benzene rings is 1. The number of carbonyl (C=O) groups is 1. The lowest BCUT2D eigenvalue weighted by molar-refractivity contribution is -0.0903. The molecule has 0 amide bonds. The largest absolute Gasteiger partial charge is 0.461 e. The Morgan fingerprint density at radius 3 is 2.35 bits per heavy atom. The Morgan fingerprint density at radius 1 is 1.10 bits per heavy atom. The topological polar surface area (TPSA) is 42.2 Å². The van der Waals surface area contributed by atoms with Crippen molar-refractivity contribution < 1.29 is 22.4 Å². The lowest BCUT2D eigenvalue weighted by atomic mass is 10.2. The number of alkyl halides is 3. The second-order valence-corrected chi connectivity index (χ2v) is 3.89. The highest BCUT2D eigenvalue weighted by Crippen LogP contribution is 2.27. The molecule has 0 aliphatic rings. The maximum atomic E-state index is 12.9. The Balaban J connectivity index is 2.27. The van der Waals surface area contributed by atoms with Crippen molar-refractivity contribution in [1.29, 1.82) is 0 Å². The number of ketones is 1. The molecule has 0 saturated carbocycles. The highest BCUT2D eigenvalue weighted by atomic mass is 19.4. The number of nitrogens with one attached hydrogen (secondary N) is 1. The molecular weight excluding hydrogens is 271 g/mol. The number of allylic oxidation sites excluding steroid dienone is 2. The van der Waals surface area contributed by atoms with Gasteiger partial charge in [0.25, 0.3) is 0 Å². The summed E-state index contributed by atoms with van der Waals surface area (Å²) in [6, 6.07) is 10.5. The fraction of sp³-hybridized carbons (Fsp3) is 0.0714. The van der Waals surface area contributed by atoms with Gasteiger partial charge in [-0.1, -0.05) is 18.2 Å². The summed E-state index contributed by atoms with van der Waals surface area (Å²) in [7, 11) is 0. The van der Waals surface area contributed by atoms with Gasteiger partial charge in [-0.3, -0.25) is 4.79 Å². The smallest absolute Gasteiger partial charge is 0.431 e. The van der Waals surface area contributed by atoms with Crippen LogP contribution in [0.15, 0.2) is 64.9 Å². The normalized spacial score (nSPS) is 12.2. The summed E-state index contributed by atoms with van der Waals surface area (Å²) in [6.45, 7) is 0. The predicted octanol–water partition coefficient (Wildman–Crippen LogP) is 4.02. The second kappa shape index (κ2) is 5.64. The molecule has 0 saturated heterocycles. The van der Waals surface area contributed by atoms with Gasteiger partial charge in [-0.2, -0.15) is 13.2 Å². The molecule has 1 aromatic heterocycles. The van der Waals surface area contributed by atoms with Gasteiger partial charge in [-0.05, 0) is 24.3 Å². The number of carbonyl (C=O) groups excluding carboxylic acids is 1. The summed E-state index contributed by atoms with van der Waals surface area (Å²) in [6.07, 6.45) is -2.97. The Hall–Kier alpha value is -2.50. The molecule has 0 spiro atoms. The van der Waals surface area contributed by atoms with Gasteiger partial charge < -0.3 is 9.73 Å². The van der Waals surface area contributed by atoms with E-state index in [2.05, 4.69) is 5.32 Å². The second-order valence-electron chi connectivity index (χ2n) is 3.89. The average molecular weight is 281 g/mol. The van der Waals surface area contributed by atoms with Crippen LogP contribution in [0, 0.1) is 0 Å². The van der Waals surface area contributed by atoms with Crippen molar-refractivity contribution in [3.63, 3.8) is 0 Å². The molecule has 1 N–H and O–H groups in total. The first-order chi connectivity index (χ1) is 9.47. The van der Waals surface area contributed by atoms with Crippen molar-refractivity contribution in [2.24, 2.45) is 0 Å². The molecule has 0 aliphatic carbocycles. The van der Waals surface area contributed by atoms with E-state index in [1.54, 1.807) is 18.2 Å². The first kappa shape index (κ1) is 13.9. The Kier molecular flexibility index (Phi) is 3.93. The van der Waals surface area contributed by atoms with Crippen LogP contribution in [0.25, 0.3) is 0 Å². The Morgan fingerprint density at radius 2 is 1.80 bits per heavy atom. The third kappa shape index (κ3) is 3.50. The first-order valence-corrected chi connectivity index (χ1v) is 5.65. The molecule has 3 nitrogen and oxygen atoms in total. The van der Waals surface area contributed by atoms with Gasteiger partial charge in [-0.25, -0.2) is 0 Å². The van der Waals surface area contributed by atoms with Crippen molar-refractivity contribution in [1.82, 2.24) is 0 Å².